The Kier molecular flexibility index (Phi) is 5.32. The van der Waals surface area contributed by atoms with Crippen LogP contribution in [0.1, 0.15) is 12.5 Å². The molecule has 0 radical (unpaired) electrons. The third-order valence-corrected chi connectivity index (χ3v) is 5.08. The summed E-state index contributed by atoms with van der Waals surface area (Å²) in [6.45, 7) is 2.77. The topological polar surface area (TPSA) is 63.4 Å². The summed E-state index contributed by atoms with van der Waals surface area (Å²) < 4.78 is 38.5. The van der Waals surface area contributed by atoms with Crippen LogP contribution in [0.3, 0.4) is 0 Å². The molecule has 2 unspecified atom stereocenters. The smallest absolute Gasteiger partial charge is 0.218 e. The minimum atomic E-state index is -3.36. The molecule has 7 heteroatoms. The Morgan fingerprint density at radius 2 is 1.89 bits per heavy atom. The molecule has 1 aliphatic rings. The van der Waals surface area contributed by atoms with Gasteiger partial charge in [-0.1, -0.05) is 19.1 Å². The SMILES string of the molecule is CC1CN(S(=O)(=O)Cc2ccc(F)cc2)CC1N.Cl. The van der Waals surface area contributed by atoms with Gasteiger partial charge in [-0.05, 0) is 23.6 Å². The molecule has 0 aliphatic carbocycles. The summed E-state index contributed by atoms with van der Waals surface area (Å²) in [5.41, 5.74) is 6.41. The second kappa shape index (κ2) is 6.17. The number of nitrogens with two attached hydrogens (primary N) is 1. The zero-order chi connectivity index (χ0) is 13.3. The van der Waals surface area contributed by atoms with E-state index in [0.717, 1.165) is 0 Å². The highest BCUT2D eigenvalue weighted by Gasteiger charge is 2.34. The van der Waals surface area contributed by atoms with Crippen molar-refractivity contribution in [1.82, 2.24) is 4.31 Å². The second-order valence-corrected chi connectivity index (χ2v) is 6.81. The molecule has 0 bridgehead atoms. The van der Waals surface area contributed by atoms with E-state index in [2.05, 4.69) is 0 Å². The maximum absolute atomic E-state index is 12.7. The van der Waals surface area contributed by atoms with Gasteiger partial charge < -0.3 is 5.73 Å². The Hall–Kier alpha value is -0.690. The zero-order valence-electron chi connectivity index (χ0n) is 10.6. The molecule has 19 heavy (non-hydrogen) atoms. The van der Waals surface area contributed by atoms with Gasteiger partial charge in [-0.15, -0.1) is 12.4 Å². The number of sulfonamides is 1. The van der Waals surface area contributed by atoms with Crippen LogP contribution in [-0.4, -0.2) is 31.9 Å². The first-order valence-electron chi connectivity index (χ1n) is 5.86. The first-order valence-corrected chi connectivity index (χ1v) is 7.47. The van der Waals surface area contributed by atoms with E-state index in [0.29, 0.717) is 18.7 Å². The van der Waals surface area contributed by atoms with E-state index in [9.17, 15) is 12.8 Å². The van der Waals surface area contributed by atoms with E-state index >= 15 is 0 Å². The van der Waals surface area contributed by atoms with Crippen molar-refractivity contribution in [2.75, 3.05) is 13.1 Å². The van der Waals surface area contributed by atoms with Crippen LogP contribution in [0.5, 0.6) is 0 Å². The summed E-state index contributed by atoms with van der Waals surface area (Å²) in [7, 11) is -3.36. The van der Waals surface area contributed by atoms with Gasteiger partial charge in [-0.25, -0.2) is 12.8 Å². The molecule has 1 heterocycles. The van der Waals surface area contributed by atoms with Gasteiger partial charge in [-0.3, -0.25) is 0 Å². The minimum Gasteiger partial charge on any atom is -0.326 e. The molecule has 0 saturated carbocycles. The molecule has 1 fully saturated rings. The third-order valence-electron chi connectivity index (χ3n) is 3.29. The maximum atomic E-state index is 12.7. The Morgan fingerprint density at radius 1 is 1.32 bits per heavy atom. The summed E-state index contributed by atoms with van der Waals surface area (Å²) in [6.07, 6.45) is 0. The number of hydrogen-bond donors (Lipinski definition) is 1. The van der Waals surface area contributed by atoms with Crippen molar-refractivity contribution in [3.63, 3.8) is 0 Å². The summed E-state index contributed by atoms with van der Waals surface area (Å²) in [6, 6.07) is 5.42. The van der Waals surface area contributed by atoms with Crippen molar-refractivity contribution in [3.05, 3.63) is 35.6 Å². The summed E-state index contributed by atoms with van der Waals surface area (Å²) in [5.74, 6) is -0.298. The molecular weight excluding hydrogens is 291 g/mol. The fourth-order valence-electron chi connectivity index (χ4n) is 2.06. The van der Waals surface area contributed by atoms with Crippen molar-refractivity contribution >= 4 is 22.4 Å². The molecule has 108 valence electrons. The van der Waals surface area contributed by atoms with Gasteiger partial charge in [0.15, 0.2) is 0 Å². The van der Waals surface area contributed by atoms with Crippen molar-refractivity contribution < 1.29 is 12.8 Å². The lowest BCUT2D eigenvalue weighted by Gasteiger charge is -2.15. The highest BCUT2D eigenvalue weighted by molar-refractivity contribution is 7.88. The highest BCUT2D eigenvalue weighted by Crippen LogP contribution is 2.20. The number of rotatable bonds is 3. The maximum Gasteiger partial charge on any atom is 0.218 e. The van der Waals surface area contributed by atoms with Gasteiger partial charge in [0.25, 0.3) is 0 Å². The molecular formula is C12H18ClFN2O2S. The Labute approximate surface area is 119 Å². The first kappa shape index (κ1) is 16.4. The molecule has 1 aromatic carbocycles. The molecule has 1 aliphatic heterocycles. The quantitative estimate of drug-likeness (QED) is 0.917. The summed E-state index contributed by atoms with van der Waals surface area (Å²) in [5, 5.41) is 0. The van der Waals surface area contributed by atoms with Crippen LogP contribution in [0.25, 0.3) is 0 Å². The van der Waals surface area contributed by atoms with Crippen LogP contribution >= 0.6 is 12.4 Å². The van der Waals surface area contributed by atoms with Crippen LogP contribution in [-0.2, 0) is 15.8 Å². The van der Waals surface area contributed by atoms with Gasteiger partial charge in [0.05, 0.1) is 5.75 Å². The molecule has 2 N–H and O–H groups in total. The molecule has 2 atom stereocenters. The Bertz CT molecular complexity index is 511. The second-order valence-electron chi connectivity index (χ2n) is 4.84. The van der Waals surface area contributed by atoms with Gasteiger partial charge in [0.2, 0.25) is 10.0 Å². The van der Waals surface area contributed by atoms with Gasteiger partial charge >= 0.3 is 0 Å². The zero-order valence-corrected chi connectivity index (χ0v) is 12.3. The fraction of sp³-hybridized carbons (Fsp3) is 0.500. The lowest BCUT2D eigenvalue weighted by molar-refractivity contribution is 0.463. The lowest BCUT2D eigenvalue weighted by atomic mass is 10.1. The van der Waals surface area contributed by atoms with Gasteiger partial charge in [-0.2, -0.15) is 4.31 Å². The van der Waals surface area contributed by atoms with Gasteiger partial charge in [0, 0.05) is 19.1 Å². The summed E-state index contributed by atoms with van der Waals surface area (Å²) in [4.78, 5) is 0. The average Bonchev–Trinajstić information content (AvgIpc) is 2.63. The van der Waals surface area contributed by atoms with Crippen LogP contribution < -0.4 is 5.73 Å². The molecule has 2 rings (SSSR count). The monoisotopic (exact) mass is 308 g/mol. The van der Waals surface area contributed by atoms with Crippen molar-refractivity contribution in [2.24, 2.45) is 11.7 Å². The van der Waals surface area contributed by atoms with Crippen molar-refractivity contribution in [3.8, 4) is 0 Å². The molecule has 0 spiro atoms. The minimum absolute atomic E-state index is 0. The predicted molar refractivity (Wildman–Crippen MR) is 75.0 cm³/mol. The number of nitrogens with zero attached hydrogens (tertiary/aromatic N) is 1. The first-order chi connectivity index (χ1) is 8.38. The van der Waals surface area contributed by atoms with E-state index in [4.69, 9.17) is 5.73 Å². The lowest BCUT2D eigenvalue weighted by Crippen LogP contribution is -2.33. The van der Waals surface area contributed by atoms with Crippen LogP contribution in [0, 0.1) is 11.7 Å². The Morgan fingerprint density at radius 3 is 2.37 bits per heavy atom. The molecule has 4 nitrogen and oxygen atoms in total. The van der Waals surface area contributed by atoms with Crippen molar-refractivity contribution in [2.45, 2.75) is 18.7 Å². The van der Waals surface area contributed by atoms with Crippen LogP contribution in [0.15, 0.2) is 24.3 Å². The largest absolute Gasteiger partial charge is 0.326 e. The van der Waals surface area contributed by atoms with E-state index in [-0.39, 0.29) is 35.9 Å². The summed E-state index contributed by atoms with van der Waals surface area (Å²) >= 11 is 0. The predicted octanol–water partition coefficient (Wildman–Crippen LogP) is 1.36. The van der Waals surface area contributed by atoms with E-state index in [1.54, 1.807) is 0 Å². The molecule has 0 amide bonds. The normalized spacial score (nSPS) is 24.2. The van der Waals surface area contributed by atoms with E-state index < -0.39 is 10.0 Å². The Balaban J connectivity index is 0.00000180. The van der Waals surface area contributed by atoms with E-state index in [1.807, 2.05) is 6.92 Å². The standard InChI is InChI=1S/C12H17FN2O2S.ClH/c1-9-6-15(7-12(9)14)18(16,17)8-10-2-4-11(13)5-3-10;/h2-5,9,12H,6-8,14H2,1H3;1H. The molecule has 1 saturated heterocycles. The number of benzene rings is 1. The number of hydrogen-bond acceptors (Lipinski definition) is 3. The number of halogens is 2. The van der Waals surface area contributed by atoms with Gasteiger partial charge in [0.1, 0.15) is 5.82 Å². The van der Waals surface area contributed by atoms with Crippen LogP contribution in [0.2, 0.25) is 0 Å². The van der Waals surface area contributed by atoms with Crippen molar-refractivity contribution in [1.29, 1.82) is 0 Å². The fourth-order valence-corrected chi connectivity index (χ4v) is 3.71. The molecule has 0 aromatic heterocycles. The van der Waals surface area contributed by atoms with E-state index in [1.165, 1.54) is 28.6 Å². The average molecular weight is 309 g/mol. The van der Waals surface area contributed by atoms with Crippen LogP contribution in [0.4, 0.5) is 4.39 Å². The highest BCUT2D eigenvalue weighted by atomic mass is 35.5. The molecule has 1 aromatic rings. The third kappa shape index (κ3) is 3.89.